The van der Waals surface area contributed by atoms with Crippen LogP contribution in [0, 0.1) is 0 Å². The minimum absolute atomic E-state index is 0.355. The zero-order chi connectivity index (χ0) is 9.94. The van der Waals surface area contributed by atoms with E-state index in [4.69, 9.17) is 9.84 Å². The minimum Gasteiger partial charge on any atom is -0.396 e. The van der Waals surface area contributed by atoms with Crippen molar-refractivity contribution in [2.75, 3.05) is 40.0 Å². The molecule has 1 saturated heterocycles. The van der Waals surface area contributed by atoms with E-state index in [0.717, 1.165) is 39.1 Å². The van der Waals surface area contributed by atoms with Gasteiger partial charge in [-0.25, -0.2) is 0 Å². The van der Waals surface area contributed by atoms with Crippen molar-refractivity contribution >= 4 is 0 Å². The molecule has 0 aliphatic carbocycles. The third-order valence-electron chi connectivity index (χ3n) is 2.00. The van der Waals surface area contributed by atoms with E-state index >= 15 is 0 Å². The Morgan fingerprint density at radius 2 is 1.85 bits per heavy atom. The molecule has 0 atom stereocenters. The fraction of sp³-hybridized carbons (Fsp3) is 1.00. The second-order valence-electron chi connectivity index (χ2n) is 3.35. The molecule has 1 rings (SSSR count). The molecule has 13 heavy (non-hydrogen) atoms. The largest absolute Gasteiger partial charge is 0.396 e. The molecule has 0 spiro atoms. The monoisotopic (exact) mass is 189 g/mol. The van der Waals surface area contributed by atoms with Crippen LogP contribution in [0.3, 0.4) is 0 Å². The minimum atomic E-state index is 0.355. The number of unbranched alkanes of at least 4 members (excludes halogenated alkanes) is 2. The summed E-state index contributed by atoms with van der Waals surface area (Å²) in [5.74, 6) is 0. The van der Waals surface area contributed by atoms with Crippen LogP contribution in [0.4, 0.5) is 0 Å². The Labute approximate surface area is 81.7 Å². The zero-order valence-electron chi connectivity index (χ0n) is 8.96. The van der Waals surface area contributed by atoms with Crippen molar-refractivity contribution in [2.24, 2.45) is 0 Å². The van der Waals surface area contributed by atoms with Crippen LogP contribution in [-0.4, -0.2) is 50.0 Å². The van der Waals surface area contributed by atoms with E-state index < -0.39 is 0 Å². The molecule has 1 aliphatic rings. The molecule has 80 valence electrons. The van der Waals surface area contributed by atoms with Crippen molar-refractivity contribution in [3.8, 4) is 0 Å². The first-order valence-corrected chi connectivity index (χ1v) is 5.18. The Morgan fingerprint density at radius 3 is 2.08 bits per heavy atom. The van der Waals surface area contributed by atoms with Crippen LogP contribution in [0.25, 0.3) is 0 Å². The number of nitrogens with zero attached hydrogens (tertiary/aromatic N) is 1. The van der Waals surface area contributed by atoms with Gasteiger partial charge in [0.25, 0.3) is 0 Å². The maximum atomic E-state index is 8.20. The summed E-state index contributed by atoms with van der Waals surface area (Å²) in [4.78, 5) is 2.27. The van der Waals surface area contributed by atoms with Gasteiger partial charge in [-0.15, -0.1) is 0 Å². The number of ether oxygens (including phenoxy) is 1. The van der Waals surface area contributed by atoms with E-state index in [2.05, 4.69) is 18.9 Å². The number of aliphatic hydroxyl groups excluding tert-OH is 1. The molecule has 0 radical (unpaired) electrons. The molecule has 0 saturated carbocycles. The lowest BCUT2D eigenvalue weighted by Gasteiger charge is -2.21. The summed E-state index contributed by atoms with van der Waals surface area (Å²) in [5.41, 5.74) is 0. The van der Waals surface area contributed by atoms with Crippen molar-refractivity contribution in [3.63, 3.8) is 0 Å². The second kappa shape index (κ2) is 9.96. The highest BCUT2D eigenvalue weighted by atomic mass is 16.5. The van der Waals surface area contributed by atoms with Crippen molar-refractivity contribution in [2.45, 2.75) is 26.2 Å². The predicted molar refractivity (Wildman–Crippen MR) is 54.9 cm³/mol. The van der Waals surface area contributed by atoms with Gasteiger partial charge in [-0.2, -0.15) is 0 Å². The average Bonchev–Trinajstić information content (AvgIpc) is 2.17. The lowest BCUT2D eigenvalue weighted by Crippen LogP contribution is -2.32. The van der Waals surface area contributed by atoms with Crippen molar-refractivity contribution in [3.05, 3.63) is 0 Å². The van der Waals surface area contributed by atoms with Gasteiger partial charge < -0.3 is 14.7 Å². The first kappa shape index (κ1) is 12.9. The maximum Gasteiger partial charge on any atom is 0.0594 e. The van der Waals surface area contributed by atoms with E-state index in [1.54, 1.807) is 0 Å². The molecule has 0 aromatic rings. The van der Waals surface area contributed by atoms with Gasteiger partial charge >= 0.3 is 0 Å². The summed E-state index contributed by atoms with van der Waals surface area (Å²) >= 11 is 0. The van der Waals surface area contributed by atoms with Crippen LogP contribution in [0.15, 0.2) is 0 Å². The standard InChI is InChI=1S/C5H11NO.C5H12O/c1-6-2-4-7-5-3-6;1-2-3-4-5-6/h2-5H2,1H3;6H,2-5H2,1H3. The quantitative estimate of drug-likeness (QED) is 0.675. The molecule has 0 bridgehead atoms. The predicted octanol–water partition coefficient (Wildman–Crippen LogP) is 1.12. The molecular formula is C10H23NO2. The summed E-state index contributed by atoms with van der Waals surface area (Å²) in [6, 6.07) is 0. The maximum absolute atomic E-state index is 8.20. The van der Waals surface area contributed by atoms with Crippen LogP contribution < -0.4 is 0 Å². The molecule has 1 heterocycles. The Balaban J connectivity index is 0.000000226. The van der Waals surface area contributed by atoms with Crippen molar-refractivity contribution < 1.29 is 9.84 Å². The Bertz CT molecular complexity index is 88.9. The van der Waals surface area contributed by atoms with Gasteiger partial charge in [0, 0.05) is 19.7 Å². The Hall–Kier alpha value is -0.120. The molecule has 3 nitrogen and oxygen atoms in total. The Morgan fingerprint density at radius 1 is 1.23 bits per heavy atom. The van der Waals surface area contributed by atoms with E-state index in [-0.39, 0.29) is 0 Å². The molecule has 0 aromatic heterocycles. The lowest BCUT2D eigenvalue weighted by atomic mass is 10.3. The highest BCUT2D eigenvalue weighted by Crippen LogP contribution is 1.90. The molecule has 1 aliphatic heterocycles. The van der Waals surface area contributed by atoms with Gasteiger partial charge in [0.15, 0.2) is 0 Å². The van der Waals surface area contributed by atoms with Gasteiger partial charge in [0.2, 0.25) is 0 Å². The number of aliphatic hydroxyl groups is 1. The fourth-order valence-corrected chi connectivity index (χ4v) is 1.02. The SMILES string of the molecule is CCCCCO.CN1CCOCC1. The first-order valence-electron chi connectivity index (χ1n) is 5.18. The van der Waals surface area contributed by atoms with Gasteiger partial charge in [0.1, 0.15) is 0 Å². The fourth-order valence-electron chi connectivity index (χ4n) is 1.02. The van der Waals surface area contributed by atoms with Crippen LogP contribution in [-0.2, 0) is 4.74 Å². The van der Waals surface area contributed by atoms with E-state index in [1.807, 2.05) is 0 Å². The van der Waals surface area contributed by atoms with Crippen molar-refractivity contribution in [1.29, 1.82) is 0 Å². The van der Waals surface area contributed by atoms with Crippen molar-refractivity contribution in [1.82, 2.24) is 4.90 Å². The highest BCUT2D eigenvalue weighted by molar-refractivity contribution is 4.53. The molecule has 3 heteroatoms. The lowest BCUT2D eigenvalue weighted by molar-refractivity contribution is 0.0503. The molecule has 0 unspecified atom stereocenters. The molecule has 1 fully saturated rings. The van der Waals surface area contributed by atoms with Gasteiger partial charge in [-0.05, 0) is 13.5 Å². The summed E-state index contributed by atoms with van der Waals surface area (Å²) in [6.07, 6.45) is 3.33. The number of hydrogen-bond acceptors (Lipinski definition) is 3. The number of hydrogen-bond donors (Lipinski definition) is 1. The number of rotatable bonds is 3. The van der Waals surface area contributed by atoms with E-state index in [9.17, 15) is 0 Å². The average molecular weight is 189 g/mol. The second-order valence-corrected chi connectivity index (χ2v) is 3.35. The Kier molecular flexibility index (Phi) is 9.87. The summed E-state index contributed by atoms with van der Waals surface area (Å²) < 4.78 is 5.10. The van der Waals surface area contributed by atoms with Crippen LogP contribution in [0.1, 0.15) is 26.2 Å². The normalized spacial score (nSPS) is 17.8. The third-order valence-corrected chi connectivity index (χ3v) is 2.00. The van der Waals surface area contributed by atoms with Gasteiger partial charge in [-0.3, -0.25) is 0 Å². The smallest absolute Gasteiger partial charge is 0.0594 e. The molecule has 0 amide bonds. The summed E-state index contributed by atoms with van der Waals surface area (Å²) in [7, 11) is 2.11. The van der Waals surface area contributed by atoms with Crippen LogP contribution in [0.5, 0.6) is 0 Å². The zero-order valence-corrected chi connectivity index (χ0v) is 8.96. The van der Waals surface area contributed by atoms with E-state index in [1.165, 1.54) is 6.42 Å². The summed E-state index contributed by atoms with van der Waals surface area (Å²) in [5, 5.41) is 8.20. The topological polar surface area (TPSA) is 32.7 Å². The van der Waals surface area contributed by atoms with E-state index in [0.29, 0.717) is 6.61 Å². The van der Waals surface area contributed by atoms with Gasteiger partial charge in [-0.1, -0.05) is 19.8 Å². The van der Waals surface area contributed by atoms with Crippen LogP contribution >= 0.6 is 0 Å². The van der Waals surface area contributed by atoms with Crippen LogP contribution in [0.2, 0.25) is 0 Å². The third kappa shape index (κ3) is 9.80. The molecule has 1 N–H and O–H groups in total. The molecular weight excluding hydrogens is 166 g/mol. The van der Waals surface area contributed by atoms with Gasteiger partial charge in [0.05, 0.1) is 13.2 Å². The summed E-state index contributed by atoms with van der Waals surface area (Å²) in [6.45, 7) is 6.50. The number of morpholine rings is 1. The first-order chi connectivity index (χ1) is 6.31. The molecule has 0 aromatic carbocycles. The number of likely N-dealkylation sites (N-methyl/N-ethyl adjacent to an activating group) is 1. The highest BCUT2D eigenvalue weighted by Gasteiger charge is 2.02.